The molecular weight excluding hydrogens is 206 g/mol. The Bertz CT molecular complexity index is 368. The van der Waals surface area contributed by atoms with Crippen LogP contribution in [0.5, 0.6) is 0 Å². The summed E-state index contributed by atoms with van der Waals surface area (Å²) in [4.78, 5) is 16.5. The van der Waals surface area contributed by atoms with E-state index in [1.165, 1.54) is 4.90 Å². The third kappa shape index (κ3) is 2.70. The molecule has 1 aromatic heterocycles. The van der Waals surface area contributed by atoms with Crippen molar-refractivity contribution in [1.29, 1.82) is 0 Å². The molecule has 0 spiro atoms. The highest BCUT2D eigenvalue weighted by atomic mass is 16.4. The van der Waals surface area contributed by atoms with Crippen LogP contribution in [0.3, 0.4) is 0 Å². The van der Waals surface area contributed by atoms with Crippen molar-refractivity contribution in [2.24, 2.45) is 5.73 Å². The number of pyridine rings is 1. The molecule has 0 unspecified atom stereocenters. The quantitative estimate of drug-likeness (QED) is 0.801. The van der Waals surface area contributed by atoms with Crippen LogP contribution in [0.1, 0.15) is 26.3 Å². The van der Waals surface area contributed by atoms with E-state index in [9.17, 15) is 4.79 Å². The average Bonchev–Trinajstić information content (AvgIpc) is 2.16. The Morgan fingerprint density at radius 2 is 2.12 bits per heavy atom. The van der Waals surface area contributed by atoms with Gasteiger partial charge in [-0.15, -0.1) is 0 Å². The molecule has 0 saturated carbocycles. The number of amides is 1. The third-order valence-corrected chi connectivity index (χ3v) is 2.14. The number of carbonyl (C=O) groups is 1. The molecule has 1 heterocycles. The van der Waals surface area contributed by atoms with Crippen molar-refractivity contribution in [2.75, 3.05) is 4.90 Å². The molecular formula is C11H17N3O2. The first-order valence-corrected chi connectivity index (χ1v) is 5.04. The van der Waals surface area contributed by atoms with Crippen molar-refractivity contribution in [2.45, 2.75) is 32.9 Å². The molecule has 0 atom stereocenters. The van der Waals surface area contributed by atoms with Gasteiger partial charge >= 0.3 is 6.09 Å². The Balaban J connectivity index is 3.07. The molecule has 0 radical (unpaired) electrons. The molecule has 0 aromatic carbocycles. The van der Waals surface area contributed by atoms with Gasteiger partial charge in [0.05, 0.1) is 0 Å². The lowest BCUT2D eigenvalue weighted by Crippen LogP contribution is -2.45. The number of nitrogens with zero attached hydrogens (tertiary/aromatic N) is 2. The third-order valence-electron chi connectivity index (χ3n) is 2.14. The first-order valence-electron chi connectivity index (χ1n) is 5.04. The van der Waals surface area contributed by atoms with Crippen molar-refractivity contribution in [3.8, 4) is 0 Å². The van der Waals surface area contributed by atoms with E-state index in [0.29, 0.717) is 12.4 Å². The predicted molar refractivity (Wildman–Crippen MR) is 62.4 cm³/mol. The SMILES string of the molecule is CC(C)(C)N(C(=O)O)c1ccc(CN)cn1. The highest BCUT2D eigenvalue weighted by molar-refractivity contribution is 5.86. The number of aromatic nitrogens is 1. The first-order chi connectivity index (χ1) is 7.36. The lowest BCUT2D eigenvalue weighted by molar-refractivity contribution is 0.195. The molecule has 0 saturated heterocycles. The maximum atomic E-state index is 11.2. The number of nitrogens with two attached hydrogens (primary N) is 1. The van der Waals surface area contributed by atoms with E-state index in [0.717, 1.165) is 5.56 Å². The molecule has 1 rings (SSSR count). The summed E-state index contributed by atoms with van der Waals surface area (Å²) in [7, 11) is 0. The van der Waals surface area contributed by atoms with Crippen LogP contribution in [0, 0.1) is 0 Å². The molecule has 88 valence electrons. The summed E-state index contributed by atoms with van der Waals surface area (Å²) < 4.78 is 0. The molecule has 0 aliphatic carbocycles. The summed E-state index contributed by atoms with van der Waals surface area (Å²) in [6.45, 7) is 5.86. The van der Waals surface area contributed by atoms with Crippen molar-refractivity contribution in [1.82, 2.24) is 4.98 Å². The second-order valence-electron chi connectivity index (χ2n) is 4.52. The van der Waals surface area contributed by atoms with Crippen LogP contribution in [-0.2, 0) is 6.54 Å². The summed E-state index contributed by atoms with van der Waals surface area (Å²) in [6.07, 6.45) is 0.581. The summed E-state index contributed by atoms with van der Waals surface area (Å²) in [5, 5.41) is 9.15. The Morgan fingerprint density at radius 1 is 1.50 bits per heavy atom. The standard InChI is InChI=1S/C11H17N3O2/c1-11(2,3)14(10(15)16)9-5-4-8(6-12)7-13-9/h4-5,7H,6,12H2,1-3H3,(H,15,16). The van der Waals surface area contributed by atoms with Crippen LogP contribution in [0.4, 0.5) is 10.6 Å². The van der Waals surface area contributed by atoms with Gasteiger partial charge in [-0.2, -0.15) is 0 Å². The van der Waals surface area contributed by atoms with Crippen molar-refractivity contribution < 1.29 is 9.90 Å². The number of hydrogen-bond acceptors (Lipinski definition) is 3. The molecule has 5 nitrogen and oxygen atoms in total. The van der Waals surface area contributed by atoms with Gasteiger partial charge in [0.2, 0.25) is 0 Å². The molecule has 0 bridgehead atoms. The van der Waals surface area contributed by atoms with Gasteiger partial charge in [-0.3, -0.25) is 4.90 Å². The van der Waals surface area contributed by atoms with Gasteiger partial charge in [0.25, 0.3) is 0 Å². The molecule has 3 N–H and O–H groups in total. The molecule has 5 heteroatoms. The average molecular weight is 223 g/mol. The lowest BCUT2D eigenvalue weighted by Gasteiger charge is -2.32. The van der Waals surface area contributed by atoms with Crippen LogP contribution in [0.2, 0.25) is 0 Å². The Kier molecular flexibility index (Phi) is 3.49. The summed E-state index contributed by atoms with van der Waals surface area (Å²) in [6, 6.07) is 3.45. The van der Waals surface area contributed by atoms with E-state index in [2.05, 4.69) is 4.98 Å². The number of anilines is 1. The zero-order valence-corrected chi connectivity index (χ0v) is 9.77. The van der Waals surface area contributed by atoms with Crippen LogP contribution < -0.4 is 10.6 Å². The minimum absolute atomic E-state index is 0.399. The fraction of sp³-hybridized carbons (Fsp3) is 0.455. The number of carboxylic acid groups (broad SMARTS) is 1. The van der Waals surface area contributed by atoms with Gasteiger partial charge in [0.15, 0.2) is 0 Å². The minimum atomic E-state index is -1.01. The maximum absolute atomic E-state index is 11.2. The Morgan fingerprint density at radius 3 is 2.44 bits per heavy atom. The monoisotopic (exact) mass is 223 g/mol. The highest BCUT2D eigenvalue weighted by Crippen LogP contribution is 2.21. The van der Waals surface area contributed by atoms with Gasteiger partial charge < -0.3 is 10.8 Å². The van der Waals surface area contributed by atoms with Crippen LogP contribution >= 0.6 is 0 Å². The molecule has 16 heavy (non-hydrogen) atoms. The van der Waals surface area contributed by atoms with E-state index in [4.69, 9.17) is 10.8 Å². The minimum Gasteiger partial charge on any atom is -0.465 e. The molecule has 0 aliphatic rings. The van der Waals surface area contributed by atoms with Gasteiger partial charge in [-0.05, 0) is 32.4 Å². The largest absolute Gasteiger partial charge is 0.465 e. The van der Waals surface area contributed by atoms with E-state index in [1.807, 2.05) is 20.8 Å². The fourth-order valence-corrected chi connectivity index (χ4v) is 1.40. The smallest absolute Gasteiger partial charge is 0.413 e. The van der Waals surface area contributed by atoms with Gasteiger partial charge in [0.1, 0.15) is 5.82 Å². The van der Waals surface area contributed by atoms with Gasteiger partial charge in [-0.1, -0.05) is 6.07 Å². The zero-order valence-electron chi connectivity index (χ0n) is 9.77. The maximum Gasteiger partial charge on any atom is 0.413 e. The van der Waals surface area contributed by atoms with Gasteiger partial charge in [0, 0.05) is 18.3 Å². The van der Waals surface area contributed by atoms with E-state index in [1.54, 1.807) is 18.3 Å². The summed E-state index contributed by atoms with van der Waals surface area (Å²) in [5.74, 6) is 0.414. The highest BCUT2D eigenvalue weighted by Gasteiger charge is 2.28. The van der Waals surface area contributed by atoms with E-state index in [-0.39, 0.29) is 0 Å². The Labute approximate surface area is 94.9 Å². The van der Waals surface area contributed by atoms with Crippen LogP contribution in [0.15, 0.2) is 18.3 Å². The van der Waals surface area contributed by atoms with Crippen molar-refractivity contribution in [3.63, 3.8) is 0 Å². The van der Waals surface area contributed by atoms with Crippen LogP contribution in [-0.4, -0.2) is 21.7 Å². The summed E-state index contributed by atoms with van der Waals surface area (Å²) in [5.41, 5.74) is 5.80. The molecule has 1 aromatic rings. The van der Waals surface area contributed by atoms with Crippen LogP contribution in [0.25, 0.3) is 0 Å². The zero-order chi connectivity index (χ0) is 12.3. The van der Waals surface area contributed by atoms with Crippen molar-refractivity contribution in [3.05, 3.63) is 23.9 Å². The second kappa shape index (κ2) is 4.49. The lowest BCUT2D eigenvalue weighted by atomic mass is 10.1. The molecule has 0 aliphatic heterocycles. The van der Waals surface area contributed by atoms with Gasteiger partial charge in [-0.25, -0.2) is 9.78 Å². The molecule has 1 amide bonds. The summed E-state index contributed by atoms with van der Waals surface area (Å²) >= 11 is 0. The normalized spacial score (nSPS) is 11.2. The van der Waals surface area contributed by atoms with E-state index < -0.39 is 11.6 Å². The fourth-order valence-electron chi connectivity index (χ4n) is 1.40. The second-order valence-corrected chi connectivity index (χ2v) is 4.52. The Hall–Kier alpha value is -1.62. The van der Waals surface area contributed by atoms with E-state index >= 15 is 0 Å². The first kappa shape index (κ1) is 12.4. The number of rotatable bonds is 2. The molecule has 0 fully saturated rings. The van der Waals surface area contributed by atoms with Crippen molar-refractivity contribution >= 4 is 11.9 Å². The predicted octanol–water partition coefficient (Wildman–Crippen LogP) is 1.82. The topological polar surface area (TPSA) is 79.5 Å². The number of hydrogen-bond donors (Lipinski definition) is 2.